The summed E-state index contributed by atoms with van der Waals surface area (Å²) in [6.45, 7) is -2.03. The van der Waals surface area contributed by atoms with E-state index in [-0.39, 0.29) is 24.4 Å². The first-order valence-corrected chi connectivity index (χ1v) is 10.8. The number of halogens is 5. The molecule has 0 bridgehead atoms. The molecule has 0 aliphatic rings. The van der Waals surface area contributed by atoms with Crippen LogP contribution in [-0.4, -0.2) is 49.2 Å². The lowest BCUT2D eigenvalue weighted by Gasteiger charge is -2.15. The summed E-state index contributed by atoms with van der Waals surface area (Å²) in [5.41, 5.74) is -0.181. The van der Waals surface area contributed by atoms with E-state index in [1.54, 1.807) is 24.3 Å². The van der Waals surface area contributed by atoms with Gasteiger partial charge in [0.1, 0.15) is 6.54 Å². The monoisotopic (exact) mass is 517 g/mol. The predicted octanol–water partition coefficient (Wildman–Crippen LogP) is 3.68. The minimum absolute atomic E-state index is 0.164. The van der Waals surface area contributed by atoms with E-state index >= 15 is 0 Å². The summed E-state index contributed by atoms with van der Waals surface area (Å²) >= 11 is 12.0. The number of benzene rings is 2. The molecule has 0 amide bonds. The lowest BCUT2D eigenvalue weighted by Crippen LogP contribution is -2.37. The van der Waals surface area contributed by atoms with Crippen molar-refractivity contribution < 1.29 is 28.2 Å². The Kier molecular flexibility index (Phi) is 8.19. The second kappa shape index (κ2) is 10.7. The number of hydrogen-bond donors (Lipinski definition) is 2. The Labute approximate surface area is 202 Å². The van der Waals surface area contributed by atoms with Gasteiger partial charge in [0.2, 0.25) is 0 Å². The van der Waals surface area contributed by atoms with Crippen molar-refractivity contribution in [2.24, 2.45) is 0 Å². The molecule has 0 spiro atoms. The van der Waals surface area contributed by atoms with Gasteiger partial charge in [-0.2, -0.15) is 13.2 Å². The van der Waals surface area contributed by atoms with Crippen LogP contribution in [-0.2, 0) is 17.9 Å². The molecule has 0 saturated carbocycles. The average molecular weight is 518 g/mol. The molecule has 2 N–H and O–H groups in total. The predicted molar refractivity (Wildman–Crippen MR) is 120 cm³/mol. The van der Waals surface area contributed by atoms with Crippen molar-refractivity contribution in [3.05, 3.63) is 74.6 Å². The van der Waals surface area contributed by atoms with Crippen LogP contribution in [0.25, 0.3) is 11.4 Å². The zero-order chi connectivity index (χ0) is 25.0. The number of carbonyl (C=O) groups excluding carboxylic acids is 1. The number of carbonyl (C=O) groups is 1. The fraction of sp³-hybridized carbons (Fsp3) is 0.318. The molecule has 12 heteroatoms. The molecule has 0 fully saturated rings. The molecular weight excluding hydrogens is 498 g/mol. The molecule has 182 valence electrons. The van der Waals surface area contributed by atoms with E-state index in [4.69, 9.17) is 23.2 Å². The Hall–Kier alpha value is -2.66. The number of Topliss-reactive ketones (excluding diaryl/α,β-unsaturated/α-hetero) is 1. The third-order valence-corrected chi connectivity index (χ3v) is 5.72. The van der Waals surface area contributed by atoms with Crippen molar-refractivity contribution in [2.45, 2.75) is 37.7 Å². The quantitative estimate of drug-likeness (QED) is 0.451. The van der Waals surface area contributed by atoms with Gasteiger partial charge in [-0.15, -0.1) is 5.10 Å². The number of ketones is 1. The van der Waals surface area contributed by atoms with Gasteiger partial charge in [-0.05, 0) is 35.9 Å². The zero-order valence-corrected chi connectivity index (χ0v) is 19.1. The van der Waals surface area contributed by atoms with Crippen molar-refractivity contribution in [1.29, 1.82) is 0 Å². The average Bonchev–Trinajstić information content (AvgIpc) is 3.07. The maximum Gasteiger partial charge on any atom is 0.416 e. The van der Waals surface area contributed by atoms with Crippen LogP contribution in [0.5, 0.6) is 0 Å². The Balaban J connectivity index is 1.91. The fourth-order valence-corrected chi connectivity index (χ4v) is 3.80. The highest BCUT2D eigenvalue weighted by Gasteiger charge is 2.39. The second-order valence-electron chi connectivity index (χ2n) is 7.58. The van der Waals surface area contributed by atoms with Crippen molar-refractivity contribution in [3.8, 4) is 11.4 Å². The topological polar surface area (TPSA) is 97.3 Å². The second-order valence-corrected chi connectivity index (χ2v) is 8.43. The smallest absolute Gasteiger partial charge is 0.396 e. The molecule has 2 aromatic carbocycles. The number of aliphatic hydroxyl groups excluding tert-OH is 2. The Morgan fingerprint density at radius 3 is 2.32 bits per heavy atom. The summed E-state index contributed by atoms with van der Waals surface area (Å²) in [5.74, 6) is -1.30. The van der Waals surface area contributed by atoms with Crippen LogP contribution in [0.4, 0.5) is 13.2 Å². The van der Waals surface area contributed by atoms with Gasteiger partial charge < -0.3 is 10.2 Å². The van der Waals surface area contributed by atoms with E-state index in [2.05, 4.69) is 5.10 Å². The van der Waals surface area contributed by atoms with Gasteiger partial charge in [-0.25, -0.2) is 9.48 Å². The standard InChI is InChI=1S/C22H20Cl2F3N3O4/c23-15-7-5-13(6-8-15)20-28-30(21(34)29(20)11-19(33)22(25,26)27)10-16(32)9-14(12-31)17-3-1-2-4-18(17)24/h1-8,14,19,31,33H,9-12H2/t14?,19-/m0/s1. The highest BCUT2D eigenvalue weighted by molar-refractivity contribution is 6.31. The van der Waals surface area contributed by atoms with Gasteiger partial charge in [0.25, 0.3) is 0 Å². The zero-order valence-electron chi connectivity index (χ0n) is 17.5. The highest BCUT2D eigenvalue weighted by Crippen LogP contribution is 2.27. The van der Waals surface area contributed by atoms with Crippen LogP contribution in [0, 0.1) is 0 Å². The van der Waals surface area contributed by atoms with Crippen LogP contribution in [0.1, 0.15) is 17.9 Å². The fourth-order valence-electron chi connectivity index (χ4n) is 3.38. The van der Waals surface area contributed by atoms with Crippen molar-refractivity contribution >= 4 is 29.0 Å². The first-order chi connectivity index (χ1) is 16.0. The van der Waals surface area contributed by atoms with Crippen LogP contribution in [0.2, 0.25) is 10.0 Å². The van der Waals surface area contributed by atoms with Gasteiger partial charge in [0.05, 0.1) is 13.2 Å². The van der Waals surface area contributed by atoms with E-state index in [9.17, 15) is 33.0 Å². The van der Waals surface area contributed by atoms with Gasteiger partial charge in [-0.3, -0.25) is 9.36 Å². The maximum absolute atomic E-state index is 12.9. The SMILES string of the molecule is O=C(CC(CO)c1ccccc1Cl)Cn1nc(-c2ccc(Cl)cc2)n(C[C@H](O)C(F)(F)F)c1=O. The summed E-state index contributed by atoms with van der Waals surface area (Å²) in [4.78, 5) is 25.5. The Morgan fingerprint density at radius 1 is 1.09 bits per heavy atom. The molecule has 3 rings (SSSR count). The van der Waals surface area contributed by atoms with E-state index in [1.165, 1.54) is 24.3 Å². The van der Waals surface area contributed by atoms with Crippen molar-refractivity contribution in [1.82, 2.24) is 14.3 Å². The number of rotatable bonds is 9. The van der Waals surface area contributed by atoms with Crippen LogP contribution < -0.4 is 5.69 Å². The van der Waals surface area contributed by atoms with Gasteiger partial charge in [0.15, 0.2) is 17.7 Å². The molecule has 7 nitrogen and oxygen atoms in total. The molecule has 2 atom stereocenters. The third-order valence-electron chi connectivity index (χ3n) is 5.12. The van der Waals surface area contributed by atoms with Crippen molar-refractivity contribution in [2.75, 3.05) is 6.61 Å². The van der Waals surface area contributed by atoms with Gasteiger partial charge in [-0.1, -0.05) is 41.4 Å². The molecular formula is C22H20Cl2F3N3O4. The Morgan fingerprint density at radius 2 is 1.74 bits per heavy atom. The third kappa shape index (κ3) is 6.06. The summed E-state index contributed by atoms with van der Waals surface area (Å²) in [6.07, 6.45) is -7.96. The number of nitrogens with zero attached hydrogens (tertiary/aromatic N) is 3. The molecule has 0 saturated heterocycles. The summed E-state index contributed by atoms with van der Waals surface area (Å²) in [6, 6.07) is 12.5. The van der Waals surface area contributed by atoms with Gasteiger partial charge in [0, 0.05) is 27.9 Å². The lowest BCUT2D eigenvalue weighted by molar-refractivity contribution is -0.207. The van der Waals surface area contributed by atoms with Crippen molar-refractivity contribution in [3.63, 3.8) is 0 Å². The molecule has 1 heterocycles. The van der Waals surface area contributed by atoms with Crippen LogP contribution in [0.3, 0.4) is 0 Å². The molecule has 34 heavy (non-hydrogen) atoms. The van der Waals surface area contributed by atoms with Crippen LogP contribution in [0.15, 0.2) is 53.3 Å². The number of hydrogen-bond acceptors (Lipinski definition) is 5. The molecule has 0 aliphatic carbocycles. The lowest BCUT2D eigenvalue weighted by atomic mass is 9.94. The maximum atomic E-state index is 12.9. The van der Waals surface area contributed by atoms with E-state index in [0.29, 0.717) is 20.2 Å². The first kappa shape index (κ1) is 26.0. The first-order valence-electron chi connectivity index (χ1n) is 10.1. The van der Waals surface area contributed by atoms with E-state index < -0.39 is 42.8 Å². The van der Waals surface area contributed by atoms with E-state index in [0.717, 1.165) is 4.68 Å². The summed E-state index contributed by atoms with van der Waals surface area (Å²) in [5, 5.41) is 24.0. The summed E-state index contributed by atoms with van der Waals surface area (Å²) < 4.78 is 40.2. The Bertz CT molecular complexity index is 1210. The molecule has 1 unspecified atom stereocenters. The number of alkyl halides is 3. The number of aliphatic hydroxyl groups is 2. The minimum Gasteiger partial charge on any atom is -0.396 e. The van der Waals surface area contributed by atoms with E-state index in [1.807, 2.05) is 0 Å². The van der Waals surface area contributed by atoms with Crippen LogP contribution >= 0.6 is 23.2 Å². The number of aromatic nitrogens is 3. The minimum atomic E-state index is -4.96. The normalized spacial score (nSPS) is 13.6. The highest BCUT2D eigenvalue weighted by atomic mass is 35.5. The largest absolute Gasteiger partial charge is 0.416 e. The molecule has 0 radical (unpaired) electrons. The molecule has 0 aliphatic heterocycles. The van der Waals surface area contributed by atoms with Gasteiger partial charge >= 0.3 is 11.9 Å². The molecule has 1 aromatic heterocycles. The molecule has 3 aromatic rings. The summed E-state index contributed by atoms with van der Waals surface area (Å²) in [7, 11) is 0.